The highest BCUT2D eigenvalue weighted by Gasteiger charge is 2.42. The molecule has 3 unspecified atom stereocenters. The molecule has 10 heavy (non-hydrogen) atoms. The van der Waals surface area contributed by atoms with E-state index in [1.54, 1.807) is 0 Å². The standard InChI is InChI=1S/C5H9ClO3S/c1-3-5(6)4(7)2-10(3,8)9/h3-5,7H,2H2,1H3. The van der Waals surface area contributed by atoms with Crippen LogP contribution in [0.4, 0.5) is 0 Å². The van der Waals surface area contributed by atoms with Crippen molar-refractivity contribution in [2.75, 3.05) is 5.75 Å². The molecular formula is C5H9ClO3S. The Kier molecular flexibility index (Phi) is 1.96. The zero-order valence-corrected chi connectivity index (χ0v) is 7.06. The van der Waals surface area contributed by atoms with Gasteiger partial charge >= 0.3 is 0 Å². The van der Waals surface area contributed by atoms with Gasteiger partial charge in [-0.2, -0.15) is 0 Å². The minimum atomic E-state index is -3.11. The smallest absolute Gasteiger partial charge is 0.157 e. The summed E-state index contributed by atoms with van der Waals surface area (Å²) in [6.07, 6.45) is -0.887. The van der Waals surface area contributed by atoms with Crippen molar-refractivity contribution < 1.29 is 13.5 Å². The van der Waals surface area contributed by atoms with Crippen molar-refractivity contribution in [3.05, 3.63) is 0 Å². The fourth-order valence-corrected chi connectivity index (χ4v) is 3.22. The molecule has 0 radical (unpaired) electrons. The first-order valence-corrected chi connectivity index (χ1v) is 5.14. The second-order valence-electron chi connectivity index (χ2n) is 2.55. The number of hydrogen-bond acceptors (Lipinski definition) is 3. The van der Waals surface area contributed by atoms with E-state index in [1.807, 2.05) is 0 Å². The maximum atomic E-state index is 10.9. The van der Waals surface area contributed by atoms with Crippen LogP contribution in [-0.4, -0.2) is 36.0 Å². The van der Waals surface area contributed by atoms with Crippen molar-refractivity contribution in [1.29, 1.82) is 0 Å². The van der Waals surface area contributed by atoms with Crippen LogP contribution in [0.2, 0.25) is 0 Å². The summed E-state index contributed by atoms with van der Waals surface area (Å²) in [6.45, 7) is 1.52. The van der Waals surface area contributed by atoms with Crippen LogP contribution in [0.5, 0.6) is 0 Å². The predicted octanol–water partition coefficient (Wildman–Crippen LogP) is -0.228. The van der Waals surface area contributed by atoms with Crippen LogP contribution in [0.3, 0.4) is 0 Å². The van der Waals surface area contributed by atoms with Gasteiger partial charge < -0.3 is 5.11 Å². The highest BCUT2D eigenvalue weighted by atomic mass is 35.5. The molecule has 1 heterocycles. The van der Waals surface area contributed by atoms with Crippen LogP contribution < -0.4 is 0 Å². The largest absolute Gasteiger partial charge is 0.390 e. The first kappa shape index (κ1) is 8.30. The zero-order valence-electron chi connectivity index (χ0n) is 5.49. The average molecular weight is 185 g/mol. The number of aliphatic hydroxyl groups is 1. The van der Waals surface area contributed by atoms with E-state index in [1.165, 1.54) is 6.92 Å². The highest BCUT2D eigenvalue weighted by Crippen LogP contribution is 2.25. The SMILES string of the molecule is CC1C(Cl)C(O)CS1(=O)=O. The van der Waals surface area contributed by atoms with Gasteiger partial charge in [-0.1, -0.05) is 0 Å². The normalized spacial score (nSPS) is 45.7. The summed E-state index contributed by atoms with van der Waals surface area (Å²) >= 11 is 5.57. The predicted molar refractivity (Wildman–Crippen MR) is 38.9 cm³/mol. The summed E-state index contributed by atoms with van der Waals surface area (Å²) < 4.78 is 21.9. The molecule has 5 heteroatoms. The van der Waals surface area contributed by atoms with Gasteiger partial charge in [0.1, 0.15) is 0 Å². The Morgan fingerprint density at radius 1 is 1.60 bits per heavy atom. The molecule has 0 aliphatic carbocycles. The summed E-state index contributed by atoms with van der Waals surface area (Å²) in [6, 6.07) is 0. The van der Waals surface area contributed by atoms with Crippen LogP contribution in [0.25, 0.3) is 0 Å². The number of alkyl halides is 1. The second kappa shape index (κ2) is 2.36. The summed E-state index contributed by atoms with van der Waals surface area (Å²) in [5, 5.41) is 7.75. The van der Waals surface area contributed by atoms with E-state index >= 15 is 0 Å². The molecule has 0 aromatic rings. The molecule has 1 N–H and O–H groups in total. The average Bonchev–Trinajstić information content (AvgIpc) is 1.95. The molecule has 3 atom stereocenters. The summed E-state index contributed by atoms with van der Waals surface area (Å²) in [5.41, 5.74) is 0. The van der Waals surface area contributed by atoms with Gasteiger partial charge in [-0.15, -0.1) is 11.6 Å². The Hall–Kier alpha value is 0.200. The lowest BCUT2D eigenvalue weighted by Gasteiger charge is -2.06. The molecule has 1 saturated heterocycles. The fraction of sp³-hybridized carbons (Fsp3) is 1.00. The molecule has 3 nitrogen and oxygen atoms in total. The fourth-order valence-electron chi connectivity index (χ4n) is 0.993. The Labute approximate surface area is 64.9 Å². The monoisotopic (exact) mass is 184 g/mol. The number of rotatable bonds is 0. The lowest BCUT2D eigenvalue weighted by molar-refractivity contribution is 0.201. The van der Waals surface area contributed by atoms with Gasteiger partial charge in [0.2, 0.25) is 0 Å². The van der Waals surface area contributed by atoms with Crippen LogP contribution in [0, 0.1) is 0 Å². The molecule has 0 amide bonds. The Bertz CT molecular complexity index is 223. The highest BCUT2D eigenvalue weighted by molar-refractivity contribution is 7.92. The summed E-state index contributed by atoms with van der Waals surface area (Å²) in [4.78, 5) is 0. The van der Waals surface area contributed by atoms with Crippen LogP contribution in [-0.2, 0) is 9.84 Å². The van der Waals surface area contributed by atoms with E-state index in [2.05, 4.69) is 0 Å². The molecule has 0 saturated carbocycles. The number of aliphatic hydroxyl groups excluding tert-OH is 1. The lowest BCUT2D eigenvalue weighted by Crippen LogP contribution is -2.22. The topological polar surface area (TPSA) is 54.4 Å². The van der Waals surface area contributed by atoms with Crippen molar-refractivity contribution in [2.24, 2.45) is 0 Å². The maximum absolute atomic E-state index is 10.9. The quantitative estimate of drug-likeness (QED) is 0.530. The molecule has 0 aromatic carbocycles. The zero-order chi connectivity index (χ0) is 7.94. The van der Waals surface area contributed by atoms with Gasteiger partial charge in [-0.25, -0.2) is 8.42 Å². The first-order valence-electron chi connectivity index (χ1n) is 2.99. The van der Waals surface area contributed by atoms with E-state index in [9.17, 15) is 8.42 Å². The van der Waals surface area contributed by atoms with Crippen molar-refractivity contribution in [3.63, 3.8) is 0 Å². The van der Waals surface area contributed by atoms with Crippen LogP contribution >= 0.6 is 11.6 Å². The Morgan fingerprint density at radius 2 is 2.10 bits per heavy atom. The minimum Gasteiger partial charge on any atom is -0.390 e. The molecule has 0 aromatic heterocycles. The van der Waals surface area contributed by atoms with Crippen molar-refractivity contribution >= 4 is 21.4 Å². The minimum absolute atomic E-state index is 0.192. The lowest BCUT2D eigenvalue weighted by atomic mass is 10.2. The molecule has 1 fully saturated rings. The van der Waals surface area contributed by atoms with E-state index in [0.29, 0.717) is 0 Å². The molecule has 0 spiro atoms. The third-order valence-electron chi connectivity index (χ3n) is 1.79. The van der Waals surface area contributed by atoms with Gasteiger partial charge in [-0.05, 0) is 6.92 Å². The van der Waals surface area contributed by atoms with Crippen molar-refractivity contribution in [2.45, 2.75) is 23.7 Å². The van der Waals surface area contributed by atoms with E-state index < -0.39 is 26.6 Å². The Balaban J connectivity index is 2.93. The molecule has 1 aliphatic heterocycles. The number of halogens is 1. The van der Waals surface area contributed by atoms with Gasteiger partial charge in [0.05, 0.1) is 22.5 Å². The summed E-state index contributed by atoms with van der Waals surface area (Å²) in [5.74, 6) is -0.192. The van der Waals surface area contributed by atoms with Gasteiger partial charge in [0.25, 0.3) is 0 Å². The van der Waals surface area contributed by atoms with Crippen molar-refractivity contribution in [3.8, 4) is 0 Å². The molecular weight excluding hydrogens is 176 g/mol. The second-order valence-corrected chi connectivity index (χ2v) is 5.45. The molecule has 0 bridgehead atoms. The summed E-state index contributed by atoms with van der Waals surface area (Å²) in [7, 11) is -3.11. The van der Waals surface area contributed by atoms with E-state index in [0.717, 1.165) is 0 Å². The molecule has 60 valence electrons. The van der Waals surface area contributed by atoms with Crippen LogP contribution in [0.1, 0.15) is 6.92 Å². The maximum Gasteiger partial charge on any atom is 0.157 e. The van der Waals surface area contributed by atoms with Gasteiger partial charge in [-0.3, -0.25) is 0 Å². The van der Waals surface area contributed by atoms with Crippen molar-refractivity contribution in [1.82, 2.24) is 0 Å². The third kappa shape index (κ3) is 1.15. The van der Waals surface area contributed by atoms with E-state index in [-0.39, 0.29) is 5.75 Å². The van der Waals surface area contributed by atoms with Gasteiger partial charge in [0.15, 0.2) is 9.84 Å². The molecule has 1 aliphatic rings. The van der Waals surface area contributed by atoms with E-state index in [4.69, 9.17) is 16.7 Å². The number of hydrogen-bond donors (Lipinski definition) is 1. The molecule has 1 rings (SSSR count). The Morgan fingerprint density at radius 3 is 2.20 bits per heavy atom. The third-order valence-corrected chi connectivity index (χ3v) is 4.84. The van der Waals surface area contributed by atoms with Gasteiger partial charge in [0, 0.05) is 0 Å². The van der Waals surface area contributed by atoms with Crippen LogP contribution in [0.15, 0.2) is 0 Å². The number of sulfone groups is 1. The first-order chi connectivity index (χ1) is 4.45.